The van der Waals surface area contributed by atoms with Gasteiger partial charge in [0, 0.05) is 18.5 Å². The van der Waals surface area contributed by atoms with E-state index in [0.717, 1.165) is 35.6 Å². The molecule has 0 spiro atoms. The Balaban J connectivity index is 2.02. The number of benzene rings is 1. The molecule has 0 unspecified atom stereocenters. The van der Waals surface area contributed by atoms with Crippen LogP contribution in [0.2, 0.25) is 0 Å². The predicted molar refractivity (Wildman–Crippen MR) is 102 cm³/mol. The Morgan fingerprint density at radius 3 is 2.60 bits per heavy atom. The van der Waals surface area contributed by atoms with Crippen molar-refractivity contribution in [2.75, 3.05) is 32.1 Å². The van der Waals surface area contributed by atoms with E-state index in [9.17, 15) is 0 Å². The number of rotatable bonds is 7. The summed E-state index contributed by atoms with van der Waals surface area (Å²) in [5.41, 5.74) is 2.28. The lowest BCUT2D eigenvalue weighted by Crippen LogP contribution is -2.32. The van der Waals surface area contributed by atoms with Crippen molar-refractivity contribution in [1.82, 2.24) is 14.9 Å². The largest absolute Gasteiger partial charge is 0.467 e. The molecule has 3 rings (SSSR count). The molecular weight excluding hydrogens is 312 g/mol. The fourth-order valence-corrected chi connectivity index (χ4v) is 2.84. The van der Waals surface area contributed by atoms with Crippen LogP contribution >= 0.6 is 0 Å². The molecule has 1 aromatic carbocycles. The van der Waals surface area contributed by atoms with E-state index in [2.05, 4.69) is 65.9 Å². The highest BCUT2D eigenvalue weighted by Gasteiger charge is 2.15. The summed E-state index contributed by atoms with van der Waals surface area (Å²) in [5, 5.41) is 1.10. The van der Waals surface area contributed by atoms with Crippen molar-refractivity contribution < 1.29 is 4.42 Å². The van der Waals surface area contributed by atoms with Crippen molar-refractivity contribution in [1.29, 1.82) is 0 Å². The Morgan fingerprint density at radius 2 is 1.92 bits per heavy atom. The third-order valence-corrected chi connectivity index (χ3v) is 4.35. The topological polar surface area (TPSA) is 45.4 Å². The van der Waals surface area contributed by atoms with Crippen LogP contribution in [0.5, 0.6) is 0 Å². The number of likely N-dealkylation sites (N-methyl/N-ethyl adjacent to an activating group) is 1. The second-order valence-corrected chi connectivity index (χ2v) is 6.93. The normalized spacial score (nSPS) is 11.6. The van der Waals surface area contributed by atoms with Crippen molar-refractivity contribution in [2.45, 2.75) is 26.3 Å². The van der Waals surface area contributed by atoms with E-state index in [1.165, 1.54) is 5.56 Å². The molecule has 3 aromatic rings. The van der Waals surface area contributed by atoms with Gasteiger partial charge in [-0.15, -0.1) is 0 Å². The Labute approximate surface area is 149 Å². The van der Waals surface area contributed by atoms with E-state index < -0.39 is 0 Å². The van der Waals surface area contributed by atoms with Gasteiger partial charge in [0.15, 0.2) is 0 Å². The standard InChI is InChI=1S/C20H26N4O/c1-15(2)16-7-8-19-18(12-16)20(22-14-21-19)24(10-9-23(3)4)13-17-6-5-11-25-17/h5-8,11-12,14-15H,9-10,13H2,1-4H3. The summed E-state index contributed by atoms with van der Waals surface area (Å²) in [5.74, 6) is 2.37. The zero-order valence-electron chi connectivity index (χ0n) is 15.4. The van der Waals surface area contributed by atoms with Crippen LogP contribution in [-0.4, -0.2) is 42.1 Å². The van der Waals surface area contributed by atoms with Crippen molar-refractivity contribution in [3.8, 4) is 0 Å². The van der Waals surface area contributed by atoms with Crippen LogP contribution in [0.15, 0.2) is 47.3 Å². The van der Waals surface area contributed by atoms with Crippen molar-refractivity contribution in [2.24, 2.45) is 0 Å². The first kappa shape index (κ1) is 17.4. The van der Waals surface area contributed by atoms with Crippen LogP contribution in [0, 0.1) is 0 Å². The molecule has 25 heavy (non-hydrogen) atoms. The summed E-state index contributed by atoms with van der Waals surface area (Å²) in [4.78, 5) is 13.5. The Kier molecular flexibility index (Phi) is 5.34. The van der Waals surface area contributed by atoms with E-state index >= 15 is 0 Å². The average Bonchev–Trinajstić information content (AvgIpc) is 3.10. The highest BCUT2D eigenvalue weighted by Crippen LogP contribution is 2.27. The third-order valence-electron chi connectivity index (χ3n) is 4.35. The van der Waals surface area contributed by atoms with Gasteiger partial charge in [-0.2, -0.15) is 0 Å². The van der Waals surface area contributed by atoms with Crippen molar-refractivity contribution in [3.05, 3.63) is 54.2 Å². The molecule has 0 aliphatic carbocycles. The smallest absolute Gasteiger partial charge is 0.140 e. The maximum absolute atomic E-state index is 5.57. The van der Waals surface area contributed by atoms with E-state index in [0.29, 0.717) is 12.5 Å². The zero-order valence-corrected chi connectivity index (χ0v) is 15.4. The molecule has 0 amide bonds. The summed E-state index contributed by atoms with van der Waals surface area (Å²) in [7, 11) is 4.17. The van der Waals surface area contributed by atoms with Crippen LogP contribution < -0.4 is 4.90 Å². The fourth-order valence-electron chi connectivity index (χ4n) is 2.84. The van der Waals surface area contributed by atoms with Crippen molar-refractivity contribution in [3.63, 3.8) is 0 Å². The first-order valence-corrected chi connectivity index (χ1v) is 8.71. The fraction of sp³-hybridized carbons (Fsp3) is 0.400. The van der Waals surface area contributed by atoms with Crippen LogP contribution in [0.25, 0.3) is 10.9 Å². The quantitative estimate of drug-likeness (QED) is 0.653. The maximum Gasteiger partial charge on any atom is 0.140 e. The minimum atomic E-state index is 0.470. The summed E-state index contributed by atoms with van der Waals surface area (Å²) < 4.78 is 5.57. The molecule has 2 heterocycles. The highest BCUT2D eigenvalue weighted by atomic mass is 16.3. The lowest BCUT2D eigenvalue weighted by atomic mass is 10.0. The van der Waals surface area contributed by atoms with Gasteiger partial charge < -0.3 is 14.2 Å². The molecular formula is C20H26N4O. The molecule has 0 fully saturated rings. The molecule has 132 valence electrons. The summed E-state index contributed by atoms with van der Waals surface area (Å²) in [6.07, 6.45) is 3.37. The van der Waals surface area contributed by atoms with Gasteiger partial charge in [0.25, 0.3) is 0 Å². The number of nitrogens with zero attached hydrogens (tertiary/aromatic N) is 4. The molecule has 0 saturated heterocycles. The monoisotopic (exact) mass is 338 g/mol. The first-order valence-electron chi connectivity index (χ1n) is 8.71. The molecule has 0 N–H and O–H groups in total. The van der Waals surface area contributed by atoms with Gasteiger partial charge >= 0.3 is 0 Å². The molecule has 0 aliphatic heterocycles. The van der Waals surface area contributed by atoms with Gasteiger partial charge in [-0.1, -0.05) is 19.9 Å². The van der Waals surface area contributed by atoms with Gasteiger partial charge in [0.1, 0.15) is 17.9 Å². The second kappa shape index (κ2) is 7.66. The molecule has 0 saturated carbocycles. The molecule has 5 nitrogen and oxygen atoms in total. The molecule has 0 bridgehead atoms. The molecule has 0 radical (unpaired) electrons. The minimum absolute atomic E-state index is 0.470. The van der Waals surface area contributed by atoms with Gasteiger partial charge in [0.05, 0.1) is 18.3 Å². The summed E-state index contributed by atoms with van der Waals surface area (Å²) >= 11 is 0. The minimum Gasteiger partial charge on any atom is -0.467 e. The molecule has 2 aromatic heterocycles. The molecule has 0 aliphatic rings. The van der Waals surface area contributed by atoms with Gasteiger partial charge in [-0.3, -0.25) is 0 Å². The highest BCUT2D eigenvalue weighted by molar-refractivity contribution is 5.89. The Hall–Kier alpha value is -2.40. The number of fused-ring (bicyclic) bond motifs is 1. The van der Waals surface area contributed by atoms with E-state index in [1.54, 1.807) is 12.6 Å². The Morgan fingerprint density at radius 1 is 1.08 bits per heavy atom. The van der Waals surface area contributed by atoms with Crippen LogP contribution in [-0.2, 0) is 6.54 Å². The number of anilines is 1. The lowest BCUT2D eigenvalue weighted by molar-refractivity contribution is 0.407. The Bertz CT molecular complexity index is 812. The lowest BCUT2D eigenvalue weighted by Gasteiger charge is -2.25. The van der Waals surface area contributed by atoms with E-state index in [4.69, 9.17) is 4.42 Å². The number of hydrogen-bond donors (Lipinski definition) is 0. The van der Waals surface area contributed by atoms with Crippen LogP contribution in [0.3, 0.4) is 0 Å². The van der Waals surface area contributed by atoms with Gasteiger partial charge in [-0.05, 0) is 49.8 Å². The third kappa shape index (κ3) is 4.17. The van der Waals surface area contributed by atoms with Crippen LogP contribution in [0.4, 0.5) is 5.82 Å². The number of furan rings is 1. The first-order chi connectivity index (χ1) is 12.0. The predicted octanol–water partition coefficient (Wildman–Crippen LogP) is 3.91. The maximum atomic E-state index is 5.57. The number of aromatic nitrogens is 2. The SMILES string of the molecule is CC(C)c1ccc2ncnc(N(CCN(C)C)Cc3ccco3)c2c1. The van der Waals surface area contributed by atoms with Gasteiger partial charge in [-0.25, -0.2) is 9.97 Å². The zero-order chi connectivity index (χ0) is 17.8. The molecule has 0 atom stereocenters. The average molecular weight is 338 g/mol. The summed E-state index contributed by atoms with van der Waals surface area (Å²) in [6, 6.07) is 10.4. The van der Waals surface area contributed by atoms with E-state index in [1.807, 2.05) is 12.1 Å². The summed E-state index contributed by atoms with van der Waals surface area (Å²) in [6.45, 7) is 6.91. The van der Waals surface area contributed by atoms with Crippen molar-refractivity contribution >= 4 is 16.7 Å². The molecule has 5 heteroatoms. The van der Waals surface area contributed by atoms with E-state index in [-0.39, 0.29) is 0 Å². The second-order valence-electron chi connectivity index (χ2n) is 6.93. The number of hydrogen-bond acceptors (Lipinski definition) is 5. The van der Waals surface area contributed by atoms with Gasteiger partial charge in [0.2, 0.25) is 0 Å². The van der Waals surface area contributed by atoms with Crippen LogP contribution in [0.1, 0.15) is 31.1 Å².